The predicted molar refractivity (Wildman–Crippen MR) is 193 cm³/mol. The lowest BCUT2D eigenvalue weighted by Gasteiger charge is -2.44. The fourth-order valence-corrected chi connectivity index (χ4v) is 12.5. The molecule has 3 aromatic rings. The third-order valence-electron chi connectivity index (χ3n) is 10.4. The predicted octanol–water partition coefficient (Wildman–Crippen LogP) is 7.07. The second-order valence-electron chi connectivity index (χ2n) is 15.1. The summed E-state index contributed by atoms with van der Waals surface area (Å²) in [5, 5.41) is 2.13. The van der Waals surface area contributed by atoms with E-state index in [9.17, 15) is 9.59 Å². The van der Waals surface area contributed by atoms with E-state index in [2.05, 4.69) is 103 Å². The standard InChI is InChI=1S/C38H53NO5Si2/c1-36(2,3)45(9,10)43-28-26-38(31-23-17-18-24-33(31)39(7)35(38)41)32(34(40)42-8)25-27-44-46(37(4,5)6,29-19-13-11-14-20-29)30-21-15-12-16-22-30/h11-24,32H,25-28H2,1-10H3/t32-,38-/m1/s1. The van der Waals surface area contributed by atoms with Crippen LogP contribution in [0.3, 0.4) is 0 Å². The van der Waals surface area contributed by atoms with Gasteiger partial charge in [-0.15, -0.1) is 0 Å². The van der Waals surface area contributed by atoms with Crippen LogP contribution >= 0.6 is 0 Å². The van der Waals surface area contributed by atoms with E-state index in [0.717, 1.165) is 11.3 Å². The zero-order chi connectivity index (χ0) is 34.0. The maximum absolute atomic E-state index is 14.5. The molecule has 46 heavy (non-hydrogen) atoms. The van der Waals surface area contributed by atoms with Gasteiger partial charge in [0.1, 0.15) is 0 Å². The molecule has 0 saturated carbocycles. The van der Waals surface area contributed by atoms with Gasteiger partial charge in [-0.05, 0) is 58.0 Å². The molecular formula is C38H53NO5Si2. The minimum absolute atomic E-state index is 0.0138. The highest BCUT2D eigenvalue weighted by Crippen LogP contribution is 2.50. The molecule has 0 N–H and O–H groups in total. The van der Waals surface area contributed by atoms with Gasteiger partial charge >= 0.3 is 5.97 Å². The van der Waals surface area contributed by atoms with Gasteiger partial charge < -0.3 is 18.5 Å². The summed E-state index contributed by atoms with van der Waals surface area (Å²) in [6.45, 7) is 18.4. The first-order valence-corrected chi connectivity index (χ1v) is 21.2. The molecule has 0 fully saturated rings. The lowest BCUT2D eigenvalue weighted by Crippen LogP contribution is -2.66. The summed E-state index contributed by atoms with van der Waals surface area (Å²) in [4.78, 5) is 30.1. The molecule has 6 nitrogen and oxygen atoms in total. The van der Waals surface area contributed by atoms with E-state index in [1.807, 2.05) is 36.4 Å². The molecule has 1 aliphatic heterocycles. The molecule has 0 spiro atoms. The average Bonchev–Trinajstić information content (AvgIpc) is 3.23. The van der Waals surface area contributed by atoms with E-state index in [-0.39, 0.29) is 22.6 Å². The highest BCUT2D eigenvalue weighted by Gasteiger charge is 2.58. The zero-order valence-corrected chi connectivity index (χ0v) is 31.5. The maximum atomic E-state index is 14.5. The Bertz CT molecular complexity index is 1460. The molecule has 3 aromatic carbocycles. The maximum Gasteiger partial charge on any atom is 0.310 e. The molecule has 1 amide bonds. The first-order chi connectivity index (χ1) is 21.5. The molecule has 1 heterocycles. The minimum atomic E-state index is -2.87. The van der Waals surface area contributed by atoms with Gasteiger partial charge in [0.25, 0.3) is 8.32 Å². The molecule has 4 rings (SSSR count). The van der Waals surface area contributed by atoms with Crippen LogP contribution in [0.1, 0.15) is 59.9 Å². The van der Waals surface area contributed by atoms with Crippen LogP contribution < -0.4 is 15.3 Å². The fourth-order valence-electron chi connectivity index (χ4n) is 6.90. The van der Waals surface area contributed by atoms with E-state index in [0.29, 0.717) is 19.4 Å². The number of rotatable bonds is 12. The summed E-state index contributed by atoms with van der Waals surface area (Å²) in [5.74, 6) is -1.28. The molecule has 0 bridgehead atoms. The van der Waals surface area contributed by atoms with Crippen LogP contribution in [0, 0.1) is 5.92 Å². The first kappa shape index (κ1) is 35.8. The van der Waals surface area contributed by atoms with E-state index >= 15 is 0 Å². The number of amides is 1. The normalized spacial score (nSPS) is 18.0. The van der Waals surface area contributed by atoms with Crippen LogP contribution in [0.25, 0.3) is 0 Å². The smallest absolute Gasteiger partial charge is 0.310 e. The van der Waals surface area contributed by atoms with Gasteiger partial charge in [0.2, 0.25) is 5.91 Å². The fraction of sp³-hybridized carbons (Fsp3) is 0.474. The summed E-state index contributed by atoms with van der Waals surface area (Å²) < 4.78 is 19.4. The summed E-state index contributed by atoms with van der Waals surface area (Å²) in [6.07, 6.45) is 0.698. The molecule has 0 aromatic heterocycles. The highest BCUT2D eigenvalue weighted by molar-refractivity contribution is 6.99. The van der Waals surface area contributed by atoms with Gasteiger partial charge in [-0.1, -0.05) is 120 Å². The number of carbonyl (C=O) groups is 2. The van der Waals surface area contributed by atoms with E-state index in [4.69, 9.17) is 13.6 Å². The number of fused-ring (bicyclic) bond motifs is 1. The third kappa shape index (κ3) is 6.41. The van der Waals surface area contributed by atoms with Crippen LogP contribution in [0.4, 0.5) is 5.69 Å². The Morgan fingerprint density at radius 1 is 0.783 bits per heavy atom. The molecular weight excluding hydrogens is 607 g/mol. The number of carbonyl (C=O) groups excluding carboxylic acids is 2. The van der Waals surface area contributed by atoms with Crippen LogP contribution in [-0.4, -0.2) is 55.9 Å². The number of para-hydroxylation sites is 1. The molecule has 248 valence electrons. The molecule has 0 radical (unpaired) electrons. The summed E-state index contributed by atoms with van der Waals surface area (Å²) in [7, 11) is -1.78. The van der Waals surface area contributed by atoms with Crippen molar-refractivity contribution in [3.8, 4) is 0 Å². The van der Waals surface area contributed by atoms with Gasteiger partial charge in [-0.3, -0.25) is 9.59 Å². The second-order valence-corrected chi connectivity index (χ2v) is 24.2. The molecule has 2 atom stereocenters. The van der Waals surface area contributed by atoms with E-state index in [1.165, 1.54) is 17.5 Å². The van der Waals surface area contributed by atoms with Crippen molar-refractivity contribution in [2.45, 2.75) is 83.0 Å². The Balaban J connectivity index is 1.78. The van der Waals surface area contributed by atoms with Crippen molar-refractivity contribution >= 4 is 44.6 Å². The number of ether oxygens (including phenoxy) is 1. The topological polar surface area (TPSA) is 65.1 Å². The van der Waals surface area contributed by atoms with Crippen molar-refractivity contribution < 1.29 is 23.2 Å². The Labute approximate surface area is 278 Å². The number of esters is 1. The van der Waals surface area contributed by atoms with Gasteiger partial charge in [0.15, 0.2) is 8.32 Å². The molecule has 1 aliphatic rings. The molecule has 0 aliphatic carbocycles. The molecule has 0 unspecified atom stereocenters. The quantitative estimate of drug-likeness (QED) is 0.154. The lowest BCUT2D eigenvalue weighted by atomic mass is 9.67. The zero-order valence-electron chi connectivity index (χ0n) is 29.5. The highest BCUT2D eigenvalue weighted by atomic mass is 28.4. The van der Waals surface area contributed by atoms with Crippen molar-refractivity contribution in [2.75, 3.05) is 32.3 Å². The number of hydrogen-bond donors (Lipinski definition) is 0. The van der Waals surface area contributed by atoms with Crippen LogP contribution in [0.2, 0.25) is 23.2 Å². The van der Waals surface area contributed by atoms with Gasteiger partial charge in [0.05, 0.1) is 18.4 Å². The van der Waals surface area contributed by atoms with E-state index < -0.39 is 33.9 Å². The van der Waals surface area contributed by atoms with Gasteiger partial charge in [-0.25, -0.2) is 0 Å². The van der Waals surface area contributed by atoms with Gasteiger partial charge in [0, 0.05) is 25.9 Å². The van der Waals surface area contributed by atoms with E-state index in [1.54, 1.807) is 11.9 Å². The minimum Gasteiger partial charge on any atom is -0.469 e. The summed E-state index contributed by atoms with van der Waals surface area (Å²) >= 11 is 0. The summed E-state index contributed by atoms with van der Waals surface area (Å²) in [5.41, 5.74) is 0.527. The van der Waals surface area contributed by atoms with Crippen molar-refractivity contribution in [3.05, 3.63) is 90.5 Å². The third-order valence-corrected chi connectivity index (χ3v) is 20.0. The van der Waals surface area contributed by atoms with Crippen LogP contribution in [0.15, 0.2) is 84.9 Å². The Morgan fingerprint density at radius 3 is 1.80 bits per heavy atom. The average molecular weight is 660 g/mol. The number of nitrogens with zero attached hydrogens (tertiary/aromatic N) is 1. The van der Waals surface area contributed by atoms with Gasteiger partial charge in [-0.2, -0.15) is 0 Å². The van der Waals surface area contributed by atoms with Crippen LogP contribution in [-0.2, 0) is 28.6 Å². The molecule has 0 saturated heterocycles. The summed E-state index contributed by atoms with van der Waals surface area (Å²) in [6, 6.07) is 28.8. The first-order valence-electron chi connectivity index (χ1n) is 16.4. The van der Waals surface area contributed by atoms with Crippen LogP contribution in [0.5, 0.6) is 0 Å². The lowest BCUT2D eigenvalue weighted by molar-refractivity contribution is -0.152. The Hall–Kier alpha value is -3.05. The number of anilines is 1. The van der Waals surface area contributed by atoms with Crippen molar-refractivity contribution in [1.29, 1.82) is 0 Å². The van der Waals surface area contributed by atoms with Crippen molar-refractivity contribution in [3.63, 3.8) is 0 Å². The number of hydrogen-bond acceptors (Lipinski definition) is 5. The monoisotopic (exact) mass is 659 g/mol. The van der Waals surface area contributed by atoms with Crippen molar-refractivity contribution in [2.24, 2.45) is 5.92 Å². The number of benzene rings is 3. The Kier molecular flexibility index (Phi) is 10.6. The number of likely N-dealkylation sites (N-methyl/N-ethyl adjacent to an activating group) is 1. The largest absolute Gasteiger partial charge is 0.469 e. The SMILES string of the molecule is COC(=O)[C@@H](CCO[Si](c1ccccc1)(c1ccccc1)C(C)(C)C)[C@]1(CCO[Si](C)(C)C(C)(C)C)C(=O)N(C)c2ccccc21. The second kappa shape index (κ2) is 13.6. The number of methoxy groups -OCH3 is 1. The Morgan fingerprint density at radius 2 is 1.30 bits per heavy atom. The van der Waals surface area contributed by atoms with Crippen molar-refractivity contribution in [1.82, 2.24) is 0 Å². The molecule has 8 heteroatoms.